The summed E-state index contributed by atoms with van der Waals surface area (Å²) in [6.45, 7) is 8.11. The Balaban J connectivity index is 2.40. The van der Waals surface area contributed by atoms with Crippen LogP contribution in [0.3, 0.4) is 0 Å². The van der Waals surface area contributed by atoms with E-state index in [1.807, 2.05) is 27.7 Å². The standard InChI is InChI=1S/C16H24FNO2/c1-15(2)9-10(16(3,4)20-15)14(18)13-11(17)7-6-8-12(13)19-5/h6-8,10,14H,9,18H2,1-5H3. The highest BCUT2D eigenvalue weighted by Gasteiger charge is 2.49. The van der Waals surface area contributed by atoms with Gasteiger partial charge in [-0.15, -0.1) is 0 Å². The monoisotopic (exact) mass is 281 g/mol. The van der Waals surface area contributed by atoms with Crippen molar-refractivity contribution in [2.45, 2.75) is 51.4 Å². The first-order valence-corrected chi connectivity index (χ1v) is 6.96. The Labute approximate surface area is 120 Å². The molecule has 1 saturated heterocycles. The summed E-state index contributed by atoms with van der Waals surface area (Å²) >= 11 is 0. The smallest absolute Gasteiger partial charge is 0.131 e. The normalized spacial score (nSPS) is 25.4. The molecular formula is C16H24FNO2. The lowest BCUT2D eigenvalue weighted by atomic mass is 9.79. The summed E-state index contributed by atoms with van der Waals surface area (Å²) in [4.78, 5) is 0. The predicted octanol–water partition coefficient (Wildman–Crippen LogP) is 3.43. The van der Waals surface area contributed by atoms with Gasteiger partial charge < -0.3 is 15.2 Å². The van der Waals surface area contributed by atoms with E-state index in [2.05, 4.69) is 0 Å². The van der Waals surface area contributed by atoms with E-state index in [0.29, 0.717) is 11.3 Å². The van der Waals surface area contributed by atoms with Gasteiger partial charge in [0.1, 0.15) is 11.6 Å². The average Bonchev–Trinajstić information content (AvgIpc) is 2.56. The predicted molar refractivity (Wildman–Crippen MR) is 77.2 cm³/mol. The van der Waals surface area contributed by atoms with Crippen LogP contribution in [-0.2, 0) is 4.74 Å². The van der Waals surface area contributed by atoms with Crippen molar-refractivity contribution in [3.05, 3.63) is 29.6 Å². The number of nitrogens with two attached hydrogens (primary N) is 1. The Hall–Kier alpha value is -1.13. The van der Waals surface area contributed by atoms with E-state index in [-0.39, 0.29) is 17.3 Å². The van der Waals surface area contributed by atoms with Crippen molar-refractivity contribution in [3.63, 3.8) is 0 Å². The van der Waals surface area contributed by atoms with E-state index in [4.69, 9.17) is 15.2 Å². The molecule has 2 unspecified atom stereocenters. The molecule has 112 valence electrons. The summed E-state index contributed by atoms with van der Waals surface area (Å²) in [5, 5.41) is 0. The zero-order chi connectivity index (χ0) is 15.1. The quantitative estimate of drug-likeness (QED) is 0.923. The Morgan fingerprint density at radius 1 is 1.35 bits per heavy atom. The van der Waals surface area contributed by atoms with Crippen molar-refractivity contribution in [1.29, 1.82) is 0 Å². The van der Waals surface area contributed by atoms with Gasteiger partial charge in [0.05, 0.1) is 18.3 Å². The third-order valence-corrected chi connectivity index (χ3v) is 4.14. The van der Waals surface area contributed by atoms with Crippen LogP contribution in [0.15, 0.2) is 18.2 Å². The zero-order valence-electron chi connectivity index (χ0n) is 12.9. The molecule has 0 spiro atoms. The van der Waals surface area contributed by atoms with Gasteiger partial charge in [0.15, 0.2) is 0 Å². The van der Waals surface area contributed by atoms with E-state index in [1.54, 1.807) is 12.1 Å². The first kappa shape index (κ1) is 15.3. The van der Waals surface area contributed by atoms with Gasteiger partial charge >= 0.3 is 0 Å². The van der Waals surface area contributed by atoms with Gasteiger partial charge in [0.2, 0.25) is 0 Å². The molecule has 1 aliphatic rings. The minimum Gasteiger partial charge on any atom is -0.496 e. The summed E-state index contributed by atoms with van der Waals surface area (Å²) < 4.78 is 25.5. The Kier molecular flexibility index (Phi) is 3.82. The molecular weight excluding hydrogens is 257 g/mol. The van der Waals surface area contributed by atoms with Crippen molar-refractivity contribution < 1.29 is 13.9 Å². The zero-order valence-corrected chi connectivity index (χ0v) is 12.9. The molecule has 1 fully saturated rings. The minimum atomic E-state index is -0.456. The van der Waals surface area contributed by atoms with Gasteiger partial charge in [-0.05, 0) is 46.2 Å². The van der Waals surface area contributed by atoms with Crippen molar-refractivity contribution in [1.82, 2.24) is 0 Å². The maximum absolute atomic E-state index is 14.2. The average molecular weight is 281 g/mol. The highest BCUT2D eigenvalue weighted by Crippen LogP contribution is 2.48. The number of benzene rings is 1. The van der Waals surface area contributed by atoms with Crippen LogP contribution in [0.5, 0.6) is 5.75 Å². The van der Waals surface area contributed by atoms with Crippen molar-refractivity contribution in [3.8, 4) is 5.75 Å². The van der Waals surface area contributed by atoms with Crippen molar-refractivity contribution in [2.75, 3.05) is 7.11 Å². The van der Waals surface area contributed by atoms with Crippen LogP contribution in [0.25, 0.3) is 0 Å². The van der Waals surface area contributed by atoms with Crippen LogP contribution >= 0.6 is 0 Å². The summed E-state index contributed by atoms with van der Waals surface area (Å²) in [6, 6.07) is 4.34. The topological polar surface area (TPSA) is 44.5 Å². The van der Waals surface area contributed by atoms with Crippen LogP contribution < -0.4 is 10.5 Å². The van der Waals surface area contributed by atoms with Gasteiger partial charge in [-0.1, -0.05) is 6.07 Å². The number of halogens is 1. The van der Waals surface area contributed by atoms with E-state index in [9.17, 15) is 4.39 Å². The lowest BCUT2D eigenvalue weighted by Gasteiger charge is -2.31. The second kappa shape index (κ2) is 5.01. The molecule has 1 aromatic carbocycles. The van der Waals surface area contributed by atoms with Crippen LogP contribution in [0.2, 0.25) is 0 Å². The van der Waals surface area contributed by atoms with E-state index < -0.39 is 11.6 Å². The molecule has 2 atom stereocenters. The fraction of sp³-hybridized carbons (Fsp3) is 0.625. The van der Waals surface area contributed by atoms with Crippen LogP contribution in [0, 0.1) is 11.7 Å². The van der Waals surface area contributed by atoms with Crippen LogP contribution in [0.4, 0.5) is 4.39 Å². The molecule has 3 nitrogen and oxygen atoms in total. The Morgan fingerprint density at radius 2 is 2.00 bits per heavy atom. The molecule has 2 rings (SSSR count). The third kappa shape index (κ3) is 2.67. The molecule has 0 radical (unpaired) electrons. The summed E-state index contributed by atoms with van der Waals surface area (Å²) in [5.41, 5.74) is 6.18. The molecule has 0 aromatic heterocycles. The SMILES string of the molecule is COc1cccc(F)c1C(N)C1CC(C)(C)OC1(C)C. The van der Waals surface area contributed by atoms with Crippen molar-refractivity contribution >= 4 is 0 Å². The lowest BCUT2D eigenvalue weighted by Crippen LogP contribution is -2.36. The number of hydrogen-bond donors (Lipinski definition) is 1. The molecule has 0 amide bonds. The molecule has 4 heteroatoms. The number of ether oxygens (including phenoxy) is 2. The molecule has 2 N–H and O–H groups in total. The van der Waals surface area contributed by atoms with E-state index >= 15 is 0 Å². The first-order valence-electron chi connectivity index (χ1n) is 6.96. The van der Waals surface area contributed by atoms with Crippen LogP contribution in [-0.4, -0.2) is 18.3 Å². The Morgan fingerprint density at radius 3 is 2.50 bits per heavy atom. The van der Waals surface area contributed by atoms with Gasteiger partial charge in [0, 0.05) is 17.5 Å². The van der Waals surface area contributed by atoms with E-state index in [1.165, 1.54) is 13.2 Å². The fourth-order valence-corrected chi connectivity index (χ4v) is 3.38. The second-order valence-electron chi connectivity index (χ2n) is 6.66. The molecule has 1 heterocycles. The molecule has 0 bridgehead atoms. The second-order valence-corrected chi connectivity index (χ2v) is 6.66. The number of hydrogen-bond acceptors (Lipinski definition) is 3. The third-order valence-electron chi connectivity index (χ3n) is 4.14. The fourth-order valence-electron chi connectivity index (χ4n) is 3.38. The molecule has 0 aliphatic carbocycles. The van der Waals surface area contributed by atoms with Gasteiger partial charge in [0.25, 0.3) is 0 Å². The maximum atomic E-state index is 14.2. The molecule has 1 aliphatic heterocycles. The minimum absolute atomic E-state index is 0.0308. The highest BCUT2D eigenvalue weighted by atomic mass is 19.1. The Bertz CT molecular complexity index is 499. The largest absolute Gasteiger partial charge is 0.496 e. The number of methoxy groups -OCH3 is 1. The summed E-state index contributed by atoms with van der Waals surface area (Å²) in [6.07, 6.45) is 0.790. The molecule has 20 heavy (non-hydrogen) atoms. The lowest BCUT2D eigenvalue weighted by molar-refractivity contribution is -0.0768. The first-order chi connectivity index (χ1) is 9.18. The maximum Gasteiger partial charge on any atom is 0.131 e. The van der Waals surface area contributed by atoms with Crippen LogP contribution in [0.1, 0.15) is 45.7 Å². The highest BCUT2D eigenvalue weighted by molar-refractivity contribution is 5.38. The van der Waals surface area contributed by atoms with Gasteiger partial charge in [-0.2, -0.15) is 0 Å². The summed E-state index contributed by atoms with van der Waals surface area (Å²) in [5.74, 6) is 0.207. The van der Waals surface area contributed by atoms with Gasteiger partial charge in [-0.3, -0.25) is 0 Å². The van der Waals surface area contributed by atoms with E-state index in [0.717, 1.165) is 6.42 Å². The molecule has 0 saturated carbocycles. The molecule has 1 aromatic rings. The van der Waals surface area contributed by atoms with Crippen molar-refractivity contribution in [2.24, 2.45) is 11.7 Å². The van der Waals surface area contributed by atoms with Gasteiger partial charge in [-0.25, -0.2) is 4.39 Å². The summed E-state index contributed by atoms with van der Waals surface area (Å²) in [7, 11) is 1.53. The number of rotatable bonds is 3.